The molecule has 2 aliphatic rings. The number of nitrogens with zero attached hydrogens (tertiary/aromatic N) is 2. The first-order valence-electron chi connectivity index (χ1n) is 11.6. The lowest BCUT2D eigenvalue weighted by Crippen LogP contribution is -2.65. The molecular formula is C26H31N3O3. The molecule has 5 rings (SSSR count). The molecule has 0 saturated heterocycles. The first kappa shape index (κ1) is 20.9. The van der Waals surface area contributed by atoms with Crippen LogP contribution in [-0.2, 0) is 17.9 Å². The molecule has 3 heterocycles. The van der Waals surface area contributed by atoms with Crippen LogP contribution < -0.4 is 5.32 Å². The van der Waals surface area contributed by atoms with Gasteiger partial charge in [0.15, 0.2) is 5.58 Å². The van der Waals surface area contributed by atoms with Gasteiger partial charge in [-0.05, 0) is 30.7 Å². The summed E-state index contributed by atoms with van der Waals surface area (Å²) in [5.41, 5.74) is 2.09. The van der Waals surface area contributed by atoms with Gasteiger partial charge in [-0.2, -0.15) is 0 Å². The fourth-order valence-corrected chi connectivity index (χ4v) is 5.40. The molecule has 1 aromatic carbocycles. The molecule has 1 aliphatic heterocycles. The van der Waals surface area contributed by atoms with Crippen LogP contribution in [-0.4, -0.2) is 32.9 Å². The van der Waals surface area contributed by atoms with E-state index in [2.05, 4.69) is 19.2 Å². The molecule has 3 aromatic rings. The van der Waals surface area contributed by atoms with Gasteiger partial charge in [0, 0.05) is 24.7 Å². The van der Waals surface area contributed by atoms with E-state index < -0.39 is 5.54 Å². The van der Waals surface area contributed by atoms with E-state index in [-0.39, 0.29) is 17.9 Å². The number of furan rings is 1. The molecule has 1 fully saturated rings. The molecular weight excluding hydrogens is 402 g/mol. The van der Waals surface area contributed by atoms with Crippen molar-refractivity contribution in [2.45, 2.75) is 64.7 Å². The SMILES string of the molecule is C[C@H]1[C@H](C)CCC[C@@H]1NC(=O)[C@]1(C)Cn2c(cc3occc32)C(=O)N1Cc1ccccc1. The van der Waals surface area contributed by atoms with Gasteiger partial charge in [-0.1, -0.05) is 57.0 Å². The highest BCUT2D eigenvalue weighted by Gasteiger charge is 2.48. The van der Waals surface area contributed by atoms with Crippen LogP contribution in [0.5, 0.6) is 0 Å². The maximum Gasteiger partial charge on any atom is 0.271 e. The maximum absolute atomic E-state index is 13.9. The molecule has 4 atom stereocenters. The lowest BCUT2D eigenvalue weighted by molar-refractivity contribution is -0.134. The molecule has 2 amide bonds. The molecule has 32 heavy (non-hydrogen) atoms. The Labute approximate surface area is 188 Å². The van der Waals surface area contributed by atoms with E-state index in [1.54, 1.807) is 17.2 Å². The lowest BCUT2D eigenvalue weighted by atomic mass is 9.77. The molecule has 6 nitrogen and oxygen atoms in total. The van der Waals surface area contributed by atoms with E-state index >= 15 is 0 Å². The van der Waals surface area contributed by atoms with E-state index in [9.17, 15) is 9.59 Å². The van der Waals surface area contributed by atoms with Crippen LogP contribution in [0.25, 0.3) is 11.1 Å². The summed E-state index contributed by atoms with van der Waals surface area (Å²) in [5.74, 6) is 0.774. The Kier molecular flexibility index (Phi) is 5.11. The first-order chi connectivity index (χ1) is 15.4. The van der Waals surface area contributed by atoms with Crippen molar-refractivity contribution in [2.24, 2.45) is 11.8 Å². The van der Waals surface area contributed by atoms with Crippen molar-refractivity contribution in [2.75, 3.05) is 0 Å². The highest BCUT2D eigenvalue weighted by Crippen LogP contribution is 2.35. The van der Waals surface area contributed by atoms with Crippen molar-refractivity contribution in [3.8, 4) is 0 Å². The standard InChI is InChI=1S/C26H31N3O3/c1-17-8-7-11-20(18(17)2)27-25(31)26(3)16-28-21-12-13-32-23(21)14-22(28)24(30)29(26)15-19-9-5-4-6-10-19/h4-6,9-10,12-14,17-18,20H,7-8,11,15-16H2,1-3H3,(H,27,31)/t17-,18+,20+,26+/m1/s1. The van der Waals surface area contributed by atoms with Crippen molar-refractivity contribution in [1.82, 2.24) is 14.8 Å². The van der Waals surface area contributed by atoms with Crippen LogP contribution in [0.3, 0.4) is 0 Å². The van der Waals surface area contributed by atoms with Gasteiger partial charge in [0.05, 0.1) is 18.3 Å². The fourth-order valence-electron chi connectivity index (χ4n) is 5.40. The molecule has 0 spiro atoms. The highest BCUT2D eigenvalue weighted by molar-refractivity contribution is 6.02. The quantitative estimate of drug-likeness (QED) is 0.654. The minimum atomic E-state index is -1.01. The summed E-state index contributed by atoms with van der Waals surface area (Å²) in [6, 6.07) is 13.7. The Morgan fingerprint density at radius 1 is 1.19 bits per heavy atom. The Morgan fingerprint density at radius 2 is 1.97 bits per heavy atom. The van der Waals surface area contributed by atoms with Crippen molar-refractivity contribution in [1.29, 1.82) is 0 Å². The molecule has 1 aliphatic carbocycles. The van der Waals surface area contributed by atoms with Crippen LogP contribution in [0.4, 0.5) is 0 Å². The minimum Gasteiger partial charge on any atom is -0.463 e. The number of carbonyl (C=O) groups excluding carboxylic acids is 2. The third-order valence-corrected chi connectivity index (χ3v) is 7.74. The highest BCUT2D eigenvalue weighted by atomic mass is 16.3. The Morgan fingerprint density at radius 3 is 2.75 bits per heavy atom. The average molecular weight is 434 g/mol. The number of hydrogen-bond acceptors (Lipinski definition) is 3. The summed E-state index contributed by atoms with van der Waals surface area (Å²) in [6.45, 7) is 7.16. The molecule has 6 heteroatoms. The predicted octanol–water partition coefficient (Wildman–Crippen LogP) is 4.59. The topological polar surface area (TPSA) is 67.5 Å². The van der Waals surface area contributed by atoms with Crippen LogP contribution in [0, 0.1) is 11.8 Å². The van der Waals surface area contributed by atoms with Gasteiger partial charge < -0.3 is 19.2 Å². The fraction of sp³-hybridized carbons (Fsp3) is 0.462. The molecule has 0 unspecified atom stereocenters. The summed E-state index contributed by atoms with van der Waals surface area (Å²) in [6.07, 6.45) is 4.94. The smallest absolute Gasteiger partial charge is 0.271 e. The minimum absolute atomic E-state index is 0.0799. The number of fused-ring (bicyclic) bond motifs is 3. The van der Waals surface area contributed by atoms with Crippen LogP contribution in [0.2, 0.25) is 0 Å². The van der Waals surface area contributed by atoms with Crippen LogP contribution in [0.15, 0.2) is 53.1 Å². The lowest BCUT2D eigenvalue weighted by Gasteiger charge is -2.45. The number of benzene rings is 1. The van der Waals surface area contributed by atoms with E-state index in [4.69, 9.17) is 4.42 Å². The molecule has 168 valence electrons. The van der Waals surface area contributed by atoms with Crippen LogP contribution in [0.1, 0.15) is 56.1 Å². The normalized spacial score (nSPS) is 28.0. The zero-order valence-corrected chi connectivity index (χ0v) is 19.0. The van der Waals surface area contributed by atoms with Crippen molar-refractivity contribution in [3.63, 3.8) is 0 Å². The number of carbonyl (C=O) groups is 2. The summed E-state index contributed by atoms with van der Waals surface area (Å²) >= 11 is 0. The van der Waals surface area contributed by atoms with Gasteiger partial charge in [0.25, 0.3) is 5.91 Å². The zero-order valence-electron chi connectivity index (χ0n) is 19.0. The molecule has 1 saturated carbocycles. The van der Waals surface area contributed by atoms with Gasteiger partial charge in [0.2, 0.25) is 5.91 Å². The van der Waals surface area contributed by atoms with Gasteiger partial charge in [-0.3, -0.25) is 9.59 Å². The van der Waals surface area contributed by atoms with Crippen molar-refractivity contribution < 1.29 is 14.0 Å². The Balaban J connectivity index is 1.52. The second-order valence-electron chi connectivity index (χ2n) is 9.78. The summed E-state index contributed by atoms with van der Waals surface area (Å²) in [4.78, 5) is 29.3. The maximum atomic E-state index is 13.9. The largest absolute Gasteiger partial charge is 0.463 e. The molecule has 0 radical (unpaired) electrons. The zero-order chi connectivity index (χ0) is 22.5. The second kappa shape index (κ2) is 7.84. The molecule has 2 aromatic heterocycles. The van der Waals surface area contributed by atoms with Crippen LogP contribution >= 0.6 is 0 Å². The Hall–Kier alpha value is -3.02. The van der Waals surface area contributed by atoms with E-state index in [0.717, 1.165) is 23.9 Å². The number of nitrogens with one attached hydrogen (secondary N) is 1. The Bertz CT molecular complexity index is 1150. The first-order valence-corrected chi connectivity index (χ1v) is 11.6. The summed E-state index contributed by atoms with van der Waals surface area (Å²) in [7, 11) is 0. The molecule has 1 N–H and O–H groups in total. The second-order valence-corrected chi connectivity index (χ2v) is 9.78. The number of rotatable bonds is 4. The third kappa shape index (κ3) is 3.33. The predicted molar refractivity (Wildman–Crippen MR) is 123 cm³/mol. The summed E-state index contributed by atoms with van der Waals surface area (Å²) in [5, 5.41) is 3.34. The van der Waals surface area contributed by atoms with Crippen molar-refractivity contribution in [3.05, 3.63) is 60.0 Å². The average Bonchev–Trinajstić information content (AvgIpc) is 3.37. The van der Waals surface area contributed by atoms with Gasteiger partial charge in [0.1, 0.15) is 11.2 Å². The van der Waals surface area contributed by atoms with E-state index in [1.165, 1.54) is 6.42 Å². The van der Waals surface area contributed by atoms with E-state index in [0.29, 0.717) is 36.2 Å². The van der Waals surface area contributed by atoms with E-state index in [1.807, 2.05) is 47.9 Å². The number of hydrogen-bond donors (Lipinski definition) is 1. The van der Waals surface area contributed by atoms with Gasteiger partial charge in [-0.25, -0.2) is 0 Å². The van der Waals surface area contributed by atoms with Crippen molar-refractivity contribution >= 4 is 22.9 Å². The number of amides is 2. The van der Waals surface area contributed by atoms with Gasteiger partial charge in [-0.15, -0.1) is 0 Å². The van der Waals surface area contributed by atoms with Gasteiger partial charge >= 0.3 is 0 Å². The third-order valence-electron chi connectivity index (χ3n) is 7.74. The summed E-state index contributed by atoms with van der Waals surface area (Å²) < 4.78 is 7.50. The number of aromatic nitrogens is 1. The monoisotopic (exact) mass is 433 g/mol. The molecule has 0 bridgehead atoms.